The van der Waals surface area contributed by atoms with Gasteiger partial charge in [0.1, 0.15) is 13.2 Å². The number of fused-ring (bicyclic) bond motifs is 1. The molecule has 2 N–H and O–H groups in total. The molecular formula is C18H14N4O5. The lowest BCUT2D eigenvalue weighted by Gasteiger charge is -2.18. The summed E-state index contributed by atoms with van der Waals surface area (Å²) in [5, 5.41) is 20.4. The fourth-order valence-electron chi connectivity index (χ4n) is 2.69. The molecule has 1 aromatic heterocycles. The lowest BCUT2D eigenvalue weighted by molar-refractivity contribution is -0.384. The van der Waals surface area contributed by atoms with E-state index in [-0.39, 0.29) is 11.6 Å². The summed E-state index contributed by atoms with van der Waals surface area (Å²) in [5.74, 6) is 1.07. The van der Waals surface area contributed by atoms with Gasteiger partial charge in [0.15, 0.2) is 17.3 Å². The first-order valence-corrected chi connectivity index (χ1v) is 8.11. The molecule has 1 aliphatic heterocycles. The minimum Gasteiger partial charge on any atom is -0.486 e. The molecule has 0 aliphatic carbocycles. The van der Waals surface area contributed by atoms with Gasteiger partial charge in [-0.1, -0.05) is 12.1 Å². The molecule has 2 aromatic carbocycles. The molecule has 1 aliphatic rings. The molecule has 0 unspecified atom stereocenters. The van der Waals surface area contributed by atoms with Gasteiger partial charge in [-0.2, -0.15) is 5.10 Å². The Balaban J connectivity index is 1.52. The Morgan fingerprint density at radius 3 is 2.74 bits per heavy atom. The van der Waals surface area contributed by atoms with Crippen molar-refractivity contribution in [1.82, 2.24) is 10.2 Å². The maximum Gasteiger partial charge on any atom is 0.270 e. The van der Waals surface area contributed by atoms with E-state index < -0.39 is 4.92 Å². The van der Waals surface area contributed by atoms with E-state index in [1.165, 1.54) is 12.1 Å². The quantitative estimate of drug-likeness (QED) is 0.541. The van der Waals surface area contributed by atoms with E-state index in [9.17, 15) is 14.9 Å². The summed E-state index contributed by atoms with van der Waals surface area (Å²) in [6, 6.07) is 12.7. The molecule has 2 heterocycles. The second-order valence-electron chi connectivity index (χ2n) is 5.79. The number of carbonyl (C=O) groups is 1. The van der Waals surface area contributed by atoms with Crippen LogP contribution in [-0.4, -0.2) is 34.2 Å². The van der Waals surface area contributed by atoms with Gasteiger partial charge in [-0.25, -0.2) is 0 Å². The Morgan fingerprint density at radius 1 is 1.11 bits per heavy atom. The summed E-state index contributed by atoms with van der Waals surface area (Å²) >= 11 is 0. The molecule has 136 valence electrons. The van der Waals surface area contributed by atoms with Crippen LogP contribution in [0.2, 0.25) is 0 Å². The van der Waals surface area contributed by atoms with Gasteiger partial charge in [-0.3, -0.25) is 20.0 Å². The minimum absolute atomic E-state index is 0.0241. The number of nitro groups is 1. The normalized spacial score (nSPS) is 12.4. The van der Waals surface area contributed by atoms with Crippen LogP contribution in [0.15, 0.2) is 48.5 Å². The number of ether oxygens (including phenoxy) is 2. The van der Waals surface area contributed by atoms with Crippen LogP contribution in [0.4, 0.5) is 11.5 Å². The second-order valence-corrected chi connectivity index (χ2v) is 5.79. The standard InChI is InChI=1S/C18H14N4O5/c23-18(12-4-5-15-16(9-12)27-7-6-26-15)19-17-10-14(20-21-17)11-2-1-3-13(8-11)22(24)25/h1-5,8-10H,6-7H2,(H2,19,20,21,23). The van der Waals surface area contributed by atoms with E-state index in [1.54, 1.807) is 36.4 Å². The molecule has 0 saturated heterocycles. The minimum atomic E-state index is -0.468. The van der Waals surface area contributed by atoms with Crippen LogP contribution in [0.25, 0.3) is 11.3 Å². The molecular weight excluding hydrogens is 352 g/mol. The highest BCUT2D eigenvalue weighted by Gasteiger charge is 2.16. The third-order valence-corrected chi connectivity index (χ3v) is 3.99. The fourth-order valence-corrected chi connectivity index (χ4v) is 2.69. The van der Waals surface area contributed by atoms with E-state index in [4.69, 9.17) is 9.47 Å². The van der Waals surface area contributed by atoms with Crippen molar-refractivity contribution in [2.45, 2.75) is 0 Å². The first-order valence-electron chi connectivity index (χ1n) is 8.11. The maximum atomic E-state index is 12.4. The SMILES string of the molecule is O=C(Nc1cc(-c2cccc([N+](=O)[O-])c2)[nH]n1)c1ccc2c(c1)OCCO2. The third kappa shape index (κ3) is 3.43. The zero-order chi connectivity index (χ0) is 18.8. The van der Waals surface area contributed by atoms with Crippen LogP contribution in [0.3, 0.4) is 0 Å². The molecule has 9 nitrogen and oxygen atoms in total. The Hall–Kier alpha value is -3.88. The molecule has 0 saturated carbocycles. The lowest BCUT2D eigenvalue weighted by atomic mass is 10.1. The van der Waals surface area contributed by atoms with Crippen LogP contribution < -0.4 is 14.8 Å². The third-order valence-electron chi connectivity index (χ3n) is 3.99. The summed E-state index contributed by atoms with van der Waals surface area (Å²) in [4.78, 5) is 22.9. The first kappa shape index (κ1) is 16.6. The maximum absolute atomic E-state index is 12.4. The topological polar surface area (TPSA) is 119 Å². The number of amides is 1. The average Bonchev–Trinajstić information content (AvgIpc) is 3.16. The van der Waals surface area contributed by atoms with Crippen molar-refractivity contribution in [3.8, 4) is 22.8 Å². The first-order chi connectivity index (χ1) is 13.1. The van der Waals surface area contributed by atoms with Gasteiger partial charge in [-0.15, -0.1) is 0 Å². The fraction of sp³-hybridized carbons (Fsp3) is 0.111. The number of nitrogens with zero attached hydrogens (tertiary/aromatic N) is 2. The number of nitro benzene ring substituents is 1. The highest BCUT2D eigenvalue weighted by atomic mass is 16.6. The zero-order valence-electron chi connectivity index (χ0n) is 14.0. The van der Waals surface area contributed by atoms with Crippen LogP contribution >= 0.6 is 0 Å². The average molecular weight is 366 g/mol. The highest BCUT2D eigenvalue weighted by molar-refractivity contribution is 6.04. The lowest BCUT2D eigenvalue weighted by Crippen LogP contribution is -2.17. The smallest absolute Gasteiger partial charge is 0.270 e. The van der Waals surface area contributed by atoms with Gasteiger partial charge in [0.05, 0.1) is 10.6 Å². The van der Waals surface area contributed by atoms with Crippen molar-refractivity contribution in [3.63, 3.8) is 0 Å². The van der Waals surface area contributed by atoms with E-state index in [1.807, 2.05) is 0 Å². The number of H-pyrrole nitrogens is 1. The number of non-ortho nitro benzene ring substituents is 1. The molecule has 27 heavy (non-hydrogen) atoms. The van der Waals surface area contributed by atoms with Crippen molar-refractivity contribution < 1.29 is 19.2 Å². The Bertz CT molecular complexity index is 1030. The molecule has 0 radical (unpaired) electrons. The van der Waals surface area contributed by atoms with Gasteiger partial charge in [0, 0.05) is 29.3 Å². The number of anilines is 1. The molecule has 0 atom stereocenters. The summed E-state index contributed by atoms with van der Waals surface area (Å²) in [6.45, 7) is 0.913. The summed E-state index contributed by atoms with van der Waals surface area (Å²) < 4.78 is 10.9. The summed E-state index contributed by atoms with van der Waals surface area (Å²) in [7, 11) is 0. The molecule has 9 heteroatoms. The van der Waals surface area contributed by atoms with Crippen LogP contribution in [0, 0.1) is 10.1 Å². The predicted molar refractivity (Wildman–Crippen MR) is 96.1 cm³/mol. The number of rotatable bonds is 4. The Kier molecular flexibility index (Phi) is 4.17. The van der Waals surface area contributed by atoms with Crippen molar-refractivity contribution in [2.75, 3.05) is 18.5 Å². The summed E-state index contributed by atoms with van der Waals surface area (Å²) in [6.07, 6.45) is 0. The molecule has 0 bridgehead atoms. The van der Waals surface area contributed by atoms with Gasteiger partial charge in [-0.05, 0) is 18.2 Å². The number of aromatic nitrogens is 2. The van der Waals surface area contributed by atoms with Crippen molar-refractivity contribution in [1.29, 1.82) is 0 Å². The van der Waals surface area contributed by atoms with E-state index in [0.29, 0.717) is 47.4 Å². The Labute approximate surface area is 153 Å². The van der Waals surface area contributed by atoms with Crippen LogP contribution in [-0.2, 0) is 0 Å². The van der Waals surface area contributed by atoms with Crippen LogP contribution in [0.1, 0.15) is 10.4 Å². The number of aromatic amines is 1. The van der Waals surface area contributed by atoms with Gasteiger partial charge >= 0.3 is 0 Å². The largest absolute Gasteiger partial charge is 0.486 e. The van der Waals surface area contributed by atoms with Gasteiger partial charge < -0.3 is 14.8 Å². The summed E-state index contributed by atoms with van der Waals surface area (Å²) in [5.41, 5.74) is 1.52. The zero-order valence-corrected chi connectivity index (χ0v) is 14.0. The monoisotopic (exact) mass is 366 g/mol. The van der Waals surface area contributed by atoms with E-state index >= 15 is 0 Å². The van der Waals surface area contributed by atoms with Gasteiger partial charge in [0.2, 0.25) is 0 Å². The molecule has 4 rings (SSSR count). The van der Waals surface area contributed by atoms with Crippen molar-refractivity contribution in [3.05, 3.63) is 64.2 Å². The van der Waals surface area contributed by atoms with E-state index in [2.05, 4.69) is 15.5 Å². The number of benzene rings is 2. The second kappa shape index (κ2) is 6.79. The number of nitrogens with one attached hydrogen (secondary N) is 2. The van der Waals surface area contributed by atoms with E-state index in [0.717, 1.165) is 0 Å². The number of hydrogen-bond donors (Lipinski definition) is 2. The molecule has 0 spiro atoms. The number of carbonyl (C=O) groups excluding carboxylic acids is 1. The van der Waals surface area contributed by atoms with Gasteiger partial charge in [0.25, 0.3) is 11.6 Å². The molecule has 1 amide bonds. The Morgan fingerprint density at radius 2 is 1.93 bits per heavy atom. The predicted octanol–water partition coefficient (Wildman–Crippen LogP) is 3.01. The number of hydrogen-bond acceptors (Lipinski definition) is 6. The molecule has 0 fully saturated rings. The van der Waals surface area contributed by atoms with Crippen molar-refractivity contribution in [2.24, 2.45) is 0 Å². The van der Waals surface area contributed by atoms with Crippen molar-refractivity contribution >= 4 is 17.4 Å². The molecule has 3 aromatic rings. The van der Waals surface area contributed by atoms with Crippen LogP contribution in [0.5, 0.6) is 11.5 Å². The highest BCUT2D eigenvalue weighted by Crippen LogP contribution is 2.31.